The third-order valence-electron chi connectivity index (χ3n) is 2.89. The summed E-state index contributed by atoms with van der Waals surface area (Å²) in [6.07, 6.45) is 0.717. The van der Waals surface area contributed by atoms with Gasteiger partial charge in [0, 0.05) is 5.56 Å². The number of aromatic nitrogens is 2. The number of hydrogen-bond donors (Lipinski definition) is 1. The molecule has 0 aliphatic rings. The Kier molecular flexibility index (Phi) is 4.46. The Balaban J connectivity index is 2.42. The molecule has 7 heteroatoms. The second-order valence-electron chi connectivity index (χ2n) is 4.16. The highest BCUT2D eigenvalue weighted by Crippen LogP contribution is 2.38. The number of nitrogens with zero attached hydrogens (tertiary/aromatic N) is 2. The van der Waals surface area contributed by atoms with Crippen molar-refractivity contribution in [3.63, 3.8) is 0 Å². The number of benzene rings is 1. The van der Waals surface area contributed by atoms with Crippen molar-refractivity contribution in [3.05, 3.63) is 23.0 Å². The lowest BCUT2D eigenvalue weighted by molar-refractivity contribution is 0.352. The minimum Gasteiger partial charge on any atom is -0.493 e. The Labute approximate surface area is 121 Å². The first kappa shape index (κ1) is 14.6. The fraction of sp³-hybridized carbons (Fsp3) is 0.385. The molecule has 0 spiro atoms. The van der Waals surface area contributed by atoms with E-state index in [1.807, 2.05) is 6.92 Å². The first-order chi connectivity index (χ1) is 9.60. The zero-order valence-electron chi connectivity index (χ0n) is 11.5. The van der Waals surface area contributed by atoms with E-state index in [4.69, 9.17) is 31.3 Å². The molecule has 108 valence electrons. The van der Waals surface area contributed by atoms with Gasteiger partial charge in [-0.3, -0.25) is 0 Å². The smallest absolute Gasteiger partial charge is 0.243 e. The van der Waals surface area contributed by atoms with Gasteiger partial charge in [0.15, 0.2) is 11.5 Å². The molecule has 0 fully saturated rings. The lowest BCUT2D eigenvalue weighted by Gasteiger charge is -2.10. The molecule has 0 radical (unpaired) electrons. The Bertz CT molecular complexity index is 601. The second kappa shape index (κ2) is 6.11. The quantitative estimate of drug-likeness (QED) is 0.913. The zero-order valence-corrected chi connectivity index (χ0v) is 12.3. The Morgan fingerprint density at radius 2 is 2.10 bits per heavy atom. The van der Waals surface area contributed by atoms with Gasteiger partial charge in [0.2, 0.25) is 11.7 Å². The number of hydrogen-bond acceptors (Lipinski definition) is 6. The molecular formula is C13H16ClN3O3. The molecule has 0 saturated heterocycles. The van der Waals surface area contributed by atoms with Crippen LogP contribution in [0.1, 0.15) is 25.3 Å². The number of halogens is 1. The van der Waals surface area contributed by atoms with E-state index in [-0.39, 0.29) is 6.04 Å². The van der Waals surface area contributed by atoms with Crippen LogP contribution in [0.4, 0.5) is 0 Å². The van der Waals surface area contributed by atoms with Gasteiger partial charge >= 0.3 is 0 Å². The van der Waals surface area contributed by atoms with Gasteiger partial charge in [0.1, 0.15) is 0 Å². The summed E-state index contributed by atoms with van der Waals surface area (Å²) in [5, 5.41) is 4.32. The topological polar surface area (TPSA) is 83.4 Å². The SMILES string of the molecule is CC[C@@H](N)c1nc(-c2cc(Cl)c(OC)c(OC)c2)no1. The van der Waals surface area contributed by atoms with Gasteiger partial charge in [0.05, 0.1) is 25.3 Å². The maximum Gasteiger partial charge on any atom is 0.243 e. The highest BCUT2D eigenvalue weighted by molar-refractivity contribution is 6.32. The van der Waals surface area contributed by atoms with Crippen LogP contribution in [0.25, 0.3) is 11.4 Å². The molecular weight excluding hydrogens is 282 g/mol. The van der Waals surface area contributed by atoms with Crippen molar-refractivity contribution < 1.29 is 14.0 Å². The molecule has 1 heterocycles. The van der Waals surface area contributed by atoms with Gasteiger partial charge in [-0.15, -0.1) is 0 Å². The van der Waals surface area contributed by atoms with E-state index in [0.29, 0.717) is 40.2 Å². The average molecular weight is 298 g/mol. The van der Waals surface area contributed by atoms with Crippen molar-refractivity contribution in [3.8, 4) is 22.9 Å². The van der Waals surface area contributed by atoms with E-state index in [2.05, 4.69) is 10.1 Å². The number of rotatable bonds is 5. The van der Waals surface area contributed by atoms with Gasteiger partial charge in [0.25, 0.3) is 0 Å². The lowest BCUT2D eigenvalue weighted by atomic mass is 10.2. The summed E-state index contributed by atoms with van der Waals surface area (Å²) in [5.74, 6) is 1.77. The third kappa shape index (κ3) is 2.71. The molecule has 0 unspecified atom stereocenters. The molecule has 0 saturated carbocycles. The summed E-state index contributed by atoms with van der Waals surface area (Å²) in [6.45, 7) is 1.95. The van der Waals surface area contributed by atoms with Gasteiger partial charge in [-0.2, -0.15) is 4.98 Å². The fourth-order valence-electron chi connectivity index (χ4n) is 1.72. The molecule has 2 N–H and O–H groups in total. The molecule has 0 aliphatic carbocycles. The van der Waals surface area contributed by atoms with Gasteiger partial charge in [-0.25, -0.2) is 0 Å². The van der Waals surface area contributed by atoms with E-state index in [0.717, 1.165) is 0 Å². The summed E-state index contributed by atoms with van der Waals surface area (Å²) < 4.78 is 15.6. The molecule has 20 heavy (non-hydrogen) atoms. The summed E-state index contributed by atoms with van der Waals surface area (Å²) in [5.41, 5.74) is 6.52. The Morgan fingerprint density at radius 1 is 1.35 bits per heavy atom. The molecule has 6 nitrogen and oxygen atoms in total. The van der Waals surface area contributed by atoms with Crippen LogP contribution >= 0.6 is 11.6 Å². The number of methoxy groups -OCH3 is 2. The number of nitrogens with two attached hydrogens (primary N) is 1. The molecule has 1 atom stereocenters. The van der Waals surface area contributed by atoms with Crippen molar-refractivity contribution in [1.29, 1.82) is 0 Å². The fourth-order valence-corrected chi connectivity index (χ4v) is 2.01. The van der Waals surface area contributed by atoms with Crippen molar-refractivity contribution in [2.24, 2.45) is 5.73 Å². The molecule has 1 aromatic carbocycles. The molecule has 1 aromatic heterocycles. The summed E-state index contributed by atoms with van der Waals surface area (Å²) in [6, 6.07) is 3.15. The highest BCUT2D eigenvalue weighted by Gasteiger charge is 2.17. The van der Waals surface area contributed by atoms with E-state index >= 15 is 0 Å². The first-order valence-electron chi connectivity index (χ1n) is 6.11. The largest absolute Gasteiger partial charge is 0.493 e. The molecule has 2 aromatic rings. The van der Waals surface area contributed by atoms with Crippen LogP contribution in [-0.2, 0) is 0 Å². The van der Waals surface area contributed by atoms with Crippen LogP contribution in [0.5, 0.6) is 11.5 Å². The van der Waals surface area contributed by atoms with Crippen LogP contribution in [0, 0.1) is 0 Å². The third-order valence-corrected chi connectivity index (χ3v) is 3.17. The van der Waals surface area contributed by atoms with E-state index in [1.54, 1.807) is 12.1 Å². The van der Waals surface area contributed by atoms with Crippen molar-refractivity contribution in [1.82, 2.24) is 10.1 Å². The Hall–Kier alpha value is -1.79. The predicted molar refractivity (Wildman–Crippen MR) is 75.1 cm³/mol. The molecule has 0 amide bonds. The van der Waals surface area contributed by atoms with Gasteiger partial charge in [-0.05, 0) is 18.6 Å². The van der Waals surface area contributed by atoms with E-state index in [1.165, 1.54) is 14.2 Å². The van der Waals surface area contributed by atoms with Crippen LogP contribution in [0.15, 0.2) is 16.7 Å². The van der Waals surface area contributed by atoms with Gasteiger partial charge in [-0.1, -0.05) is 23.7 Å². The maximum absolute atomic E-state index is 6.14. The lowest BCUT2D eigenvalue weighted by Crippen LogP contribution is -2.08. The van der Waals surface area contributed by atoms with Crippen LogP contribution in [-0.4, -0.2) is 24.4 Å². The maximum atomic E-state index is 6.14. The average Bonchev–Trinajstić information content (AvgIpc) is 2.95. The second-order valence-corrected chi connectivity index (χ2v) is 4.57. The van der Waals surface area contributed by atoms with Crippen molar-refractivity contribution in [2.75, 3.05) is 14.2 Å². The zero-order chi connectivity index (χ0) is 14.7. The molecule has 0 bridgehead atoms. The van der Waals surface area contributed by atoms with Crippen molar-refractivity contribution >= 4 is 11.6 Å². The monoisotopic (exact) mass is 297 g/mol. The summed E-state index contributed by atoms with van der Waals surface area (Å²) in [4.78, 5) is 4.27. The normalized spacial score (nSPS) is 12.2. The van der Waals surface area contributed by atoms with Gasteiger partial charge < -0.3 is 19.7 Å². The summed E-state index contributed by atoms with van der Waals surface area (Å²) in [7, 11) is 3.06. The minimum atomic E-state index is -0.271. The standard InChI is InChI=1S/C13H16ClN3O3/c1-4-9(15)13-16-12(17-20-13)7-5-8(14)11(19-3)10(6-7)18-2/h5-6,9H,4,15H2,1-3H3/t9-/m1/s1. The molecule has 0 aliphatic heterocycles. The summed E-state index contributed by atoms with van der Waals surface area (Å²) >= 11 is 6.14. The first-order valence-corrected chi connectivity index (χ1v) is 6.49. The number of ether oxygens (including phenoxy) is 2. The van der Waals surface area contributed by atoms with Crippen LogP contribution < -0.4 is 15.2 Å². The molecule has 2 rings (SSSR count). The van der Waals surface area contributed by atoms with E-state index < -0.39 is 0 Å². The predicted octanol–water partition coefficient (Wildman–Crippen LogP) is 2.82. The van der Waals surface area contributed by atoms with Crippen molar-refractivity contribution in [2.45, 2.75) is 19.4 Å². The van der Waals surface area contributed by atoms with E-state index in [9.17, 15) is 0 Å². The highest BCUT2D eigenvalue weighted by atomic mass is 35.5. The minimum absolute atomic E-state index is 0.271. The van der Waals surface area contributed by atoms with Crippen LogP contribution in [0.2, 0.25) is 5.02 Å². The Morgan fingerprint density at radius 3 is 2.70 bits per heavy atom. The van der Waals surface area contributed by atoms with Crippen LogP contribution in [0.3, 0.4) is 0 Å².